The van der Waals surface area contributed by atoms with Gasteiger partial charge in [-0.15, -0.1) is 0 Å². The van der Waals surface area contributed by atoms with Gasteiger partial charge in [0.15, 0.2) is 0 Å². The van der Waals surface area contributed by atoms with Crippen molar-refractivity contribution in [1.82, 2.24) is 14.5 Å². The number of ether oxygens (including phenoxy) is 2. The van der Waals surface area contributed by atoms with Crippen LogP contribution in [0.15, 0.2) is 23.0 Å². The van der Waals surface area contributed by atoms with E-state index in [0.29, 0.717) is 31.4 Å². The van der Waals surface area contributed by atoms with E-state index >= 15 is 0 Å². The van der Waals surface area contributed by atoms with E-state index < -0.39 is 0 Å². The van der Waals surface area contributed by atoms with Crippen molar-refractivity contribution in [2.75, 3.05) is 33.4 Å². The summed E-state index contributed by atoms with van der Waals surface area (Å²) >= 11 is 0. The fraction of sp³-hybridized carbons (Fsp3) is 0.682. The molecule has 1 aromatic heterocycles. The minimum absolute atomic E-state index is 0.0350. The van der Waals surface area contributed by atoms with E-state index in [1.807, 2.05) is 10.6 Å². The predicted octanol–water partition coefficient (Wildman–Crippen LogP) is 3.25. The smallest absolute Gasteiger partial charge is 0.326 e. The van der Waals surface area contributed by atoms with E-state index in [4.69, 9.17) is 9.47 Å². The molecule has 154 valence electrons. The molecule has 2 aliphatic rings. The highest BCUT2D eigenvalue weighted by molar-refractivity contribution is 5.76. The molecule has 28 heavy (non-hydrogen) atoms. The standard InChI is InChI=1S/C22H33N3O3/c1-16-3-8-20-21(15-16)25(22(26)23-20)18-9-11-24(12-10-18)17-4-6-19(7-5-17)28-14-13-27-2/h3,8,15,17-19H,4-7,9-14H2,1-2H3,(H,23,26)/t17-,19-. The van der Waals surface area contributed by atoms with Gasteiger partial charge in [0, 0.05) is 32.3 Å². The van der Waals surface area contributed by atoms with Crippen LogP contribution in [0, 0.1) is 6.92 Å². The average molecular weight is 388 g/mol. The van der Waals surface area contributed by atoms with Crippen molar-refractivity contribution in [3.8, 4) is 0 Å². The minimum Gasteiger partial charge on any atom is -0.382 e. The first-order valence-corrected chi connectivity index (χ1v) is 10.7. The maximum atomic E-state index is 12.5. The molecule has 1 saturated carbocycles. The third-order valence-electron chi connectivity index (χ3n) is 6.54. The molecule has 6 nitrogen and oxygen atoms in total. The van der Waals surface area contributed by atoms with E-state index in [-0.39, 0.29) is 5.69 Å². The van der Waals surface area contributed by atoms with Gasteiger partial charge in [0.2, 0.25) is 0 Å². The molecule has 6 heteroatoms. The van der Waals surface area contributed by atoms with E-state index in [9.17, 15) is 4.79 Å². The molecule has 2 heterocycles. The number of likely N-dealkylation sites (tertiary alicyclic amines) is 1. The first-order chi connectivity index (χ1) is 13.7. The van der Waals surface area contributed by atoms with Crippen LogP contribution in [0.3, 0.4) is 0 Å². The second-order valence-corrected chi connectivity index (χ2v) is 8.38. The summed E-state index contributed by atoms with van der Waals surface area (Å²) in [5.74, 6) is 0. The molecule has 1 saturated heterocycles. The van der Waals surface area contributed by atoms with Gasteiger partial charge >= 0.3 is 5.69 Å². The number of nitrogens with one attached hydrogen (secondary N) is 1. The molecule has 1 aliphatic carbocycles. The number of hydrogen-bond donors (Lipinski definition) is 1. The highest BCUT2D eigenvalue weighted by Gasteiger charge is 2.30. The summed E-state index contributed by atoms with van der Waals surface area (Å²) in [7, 11) is 1.72. The molecule has 2 fully saturated rings. The van der Waals surface area contributed by atoms with Crippen molar-refractivity contribution >= 4 is 11.0 Å². The average Bonchev–Trinajstić information content (AvgIpc) is 3.04. The molecule has 1 aromatic carbocycles. The summed E-state index contributed by atoms with van der Waals surface area (Å²) in [6.45, 7) is 5.63. The Morgan fingerprint density at radius 3 is 2.50 bits per heavy atom. The Morgan fingerprint density at radius 1 is 1.04 bits per heavy atom. The third-order valence-corrected chi connectivity index (χ3v) is 6.54. The number of H-pyrrole nitrogens is 1. The predicted molar refractivity (Wildman–Crippen MR) is 111 cm³/mol. The maximum Gasteiger partial charge on any atom is 0.326 e. The summed E-state index contributed by atoms with van der Waals surface area (Å²) in [5, 5.41) is 0. The third kappa shape index (κ3) is 4.19. The Labute approximate surface area is 166 Å². The van der Waals surface area contributed by atoms with Crippen LogP contribution in [0.2, 0.25) is 0 Å². The zero-order valence-electron chi connectivity index (χ0n) is 17.2. The number of methoxy groups -OCH3 is 1. The van der Waals surface area contributed by atoms with Crippen LogP contribution in [0.1, 0.15) is 50.1 Å². The van der Waals surface area contributed by atoms with Crippen molar-refractivity contribution < 1.29 is 9.47 Å². The van der Waals surface area contributed by atoms with Gasteiger partial charge in [-0.2, -0.15) is 0 Å². The second-order valence-electron chi connectivity index (χ2n) is 8.38. The van der Waals surface area contributed by atoms with Crippen molar-refractivity contribution in [2.45, 2.75) is 63.6 Å². The van der Waals surface area contributed by atoms with Crippen LogP contribution in [0.5, 0.6) is 0 Å². The van der Waals surface area contributed by atoms with E-state index in [1.165, 1.54) is 18.4 Å². The second kappa shape index (κ2) is 8.80. The van der Waals surface area contributed by atoms with Gasteiger partial charge in [-0.3, -0.25) is 4.57 Å². The Bertz CT molecular complexity index is 827. The fourth-order valence-electron chi connectivity index (χ4n) is 4.98. The molecule has 4 rings (SSSR count). The molecule has 0 amide bonds. The summed E-state index contributed by atoms with van der Waals surface area (Å²) in [5.41, 5.74) is 3.23. The van der Waals surface area contributed by atoms with Gasteiger partial charge < -0.3 is 19.4 Å². The highest BCUT2D eigenvalue weighted by Crippen LogP contribution is 2.31. The highest BCUT2D eigenvalue weighted by atomic mass is 16.5. The van der Waals surface area contributed by atoms with Crippen LogP contribution < -0.4 is 5.69 Å². The quantitative estimate of drug-likeness (QED) is 0.773. The number of rotatable bonds is 6. The van der Waals surface area contributed by atoms with Gasteiger partial charge in [0.25, 0.3) is 0 Å². The number of fused-ring (bicyclic) bond motifs is 1. The van der Waals surface area contributed by atoms with Crippen molar-refractivity contribution in [3.05, 3.63) is 34.2 Å². The number of aromatic nitrogens is 2. The van der Waals surface area contributed by atoms with Crippen LogP contribution in [0.25, 0.3) is 11.0 Å². The lowest BCUT2D eigenvalue weighted by Gasteiger charge is -2.41. The van der Waals surface area contributed by atoms with Crippen LogP contribution >= 0.6 is 0 Å². The monoisotopic (exact) mass is 387 g/mol. The van der Waals surface area contributed by atoms with E-state index in [2.05, 4.69) is 28.9 Å². The van der Waals surface area contributed by atoms with Gasteiger partial charge in [0.1, 0.15) is 0 Å². The number of aromatic amines is 1. The number of piperidine rings is 1. The lowest BCUT2D eigenvalue weighted by Crippen LogP contribution is -2.45. The molecule has 1 aliphatic heterocycles. The maximum absolute atomic E-state index is 12.5. The van der Waals surface area contributed by atoms with Gasteiger partial charge in [-0.25, -0.2) is 4.79 Å². The molecule has 2 aromatic rings. The van der Waals surface area contributed by atoms with Crippen molar-refractivity contribution in [3.63, 3.8) is 0 Å². The Morgan fingerprint density at radius 2 is 1.79 bits per heavy atom. The Kier molecular flexibility index (Phi) is 6.19. The molecular formula is C22H33N3O3. The lowest BCUT2D eigenvalue weighted by molar-refractivity contribution is -0.0173. The fourth-order valence-corrected chi connectivity index (χ4v) is 4.98. The Hall–Kier alpha value is -1.63. The van der Waals surface area contributed by atoms with Gasteiger partial charge in [-0.1, -0.05) is 6.07 Å². The first kappa shape index (κ1) is 19.7. The van der Waals surface area contributed by atoms with Crippen molar-refractivity contribution in [2.24, 2.45) is 0 Å². The number of hydrogen-bond acceptors (Lipinski definition) is 4. The summed E-state index contributed by atoms with van der Waals surface area (Å²) in [4.78, 5) is 18.2. The van der Waals surface area contributed by atoms with E-state index in [1.54, 1.807) is 7.11 Å². The summed E-state index contributed by atoms with van der Waals surface area (Å²) in [6.07, 6.45) is 7.22. The number of benzene rings is 1. The molecule has 0 spiro atoms. The molecule has 0 bridgehead atoms. The van der Waals surface area contributed by atoms with Crippen LogP contribution in [0.4, 0.5) is 0 Å². The zero-order valence-corrected chi connectivity index (χ0v) is 17.2. The molecular weight excluding hydrogens is 354 g/mol. The van der Waals surface area contributed by atoms with Gasteiger partial charge in [-0.05, 0) is 63.1 Å². The molecule has 0 atom stereocenters. The summed E-state index contributed by atoms with van der Waals surface area (Å²) < 4.78 is 13.0. The van der Waals surface area contributed by atoms with E-state index in [0.717, 1.165) is 49.8 Å². The molecule has 0 radical (unpaired) electrons. The lowest BCUT2D eigenvalue weighted by atomic mass is 9.90. The first-order valence-electron chi connectivity index (χ1n) is 10.7. The minimum atomic E-state index is 0.0350. The van der Waals surface area contributed by atoms with Crippen LogP contribution in [-0.2, 0) is 9.47 Å². The van der Waals surface area contributed by atoms with Crippen molar-refractivity contribution in [1.29, 1.82) is 0 Å². The molecule has 1 N–H and O–H groups in total. The van der Waals surface area contributed by atoms with Gasteiger partial charge in [0.05, 0.1) is 30.4 Å². The van der Waals surface area contributed by atoms with Crippen LogP contribution in [-0.4, -0.2) is 60.0 Å². The zero-order chi connectivity index (χ0) is 19.5. The largest absolute Gasteiger partial charge is 0.382 e. The summed E-state index contributed by atoms with van der Waals surface area (Å²) in [6, 6.07) is 7.17. The number of imidazole rings is 1. The topological polar surface area (TPSA) is 59.5 Å². The Balaban J connectivity index is 1.33. The molecule has 0 unspecified atom stereocenters. The number of nitrogens with zero attached hydrogens (tertiary/aromatic N) is 2. The number of aryl methyl sites for hydroxylation is 1. The normalized spacial score (nSPS) is 24.8. The SMILES string of the molecule is COCCO[C@H]1CC[C@H](N2CCC(n3c(=O)[nH]c4ccc(C)cc43)CC2)CC1.